The molecule has 1 amide bonds. The van der Waals surface area contributed by atoms with E-state index in [2.05, 4.69) is 21.1 Å². The lowest BCUT2D eigenvalue weighted by Crippen LogP contribution is -2.37. The highest BCUT2D eigenvalue weighted by Gasteiger charge is 2.28. The highest BCUT2D eigenvalue weighted by Crippen LogP contribution is 2.33. The summed E-state index contributed by atoms with van der Waals surface area (Å²) in [6.07, 6.45) is 0. The van der Waals surface area contributed by atoms with Crippen LogP contribution in [0, 0.1) is 6.92 Å². The topological polar surface area (TPSA) is 134 Å². The standard InChI is InChI=1S/C23H20N4O5/c1-12-11-16(32-27-12)17(13-7-4-3-5-8-13)26-19-18(21(29)22(19)30)25-15-10-6-9-14(20(15)28)23(31)24-2/h3-11,17,25-26,28H,1-2H3,(H,24,31). The number of nitrogens with one attached hydrogen (secondary N) is 3. The second kappa shape index (κ2) is 8.38. The monoisotopic (exact) mass is 432 g/mol. The smallest absolute Gasteiger partial charge is 0.254 e. The van der Waals surface area contributed by atoms with Gasteiger partial charge in [0.2, 0.25) is 0 Å². The fraction of sp³-hybridized carbons (Fsp3) is 0.130. The Morgan fingerprint density at radius 2 is 1.75 bits per heavy atom. The van der Waals surface area contributed by atoms with Crippen molar-refractivity contribution in [3.8, 4) is 5.75 Å². The van der Waals surface area contributed by atoms with Gasteiger partial charge in [0.05, 0.1) is 16.9 Å². The molecule has 9 heteroatoms. The fourth-order valence-electron chi connectivity index (χ4n) is 3.37. The van der Waals surface area contributed by atoms with E-state index < -0.39 is 22.8 Å². The summed E-state index contributed by atoms with van der Waals surface area (Å²) in [4.78, 5) is 36.6. The first-order valence-electron chi connectivity index (χ1n) is 9.79. The summed E-state index contributed by atoms with van der Waals surface area (Å²) < 4.78 is 5.40. The second-order valence-electron chi connectivity index (χ2n) is 7.17. The lowest BCUT2D eigenvalue weighted by Gasteiger charge is -2.21. The molecule has 0 radical (unpaired) electrons. The van der Waals surface area contributed by atoms with Crippen LogP contribution in [0.1, 0.15) is 33.4 Å². The van der Waals surface area contributed by atoms with Crippen molar-refractivity contribution < 1.29 is 14.4 Å². The minimum atomic E-state index is -0.738. The molecule has 1 aromatic heterocycles. The molecule has 4 aromatic rings. The van der Waals surface area contributed by atoms with E-state index in [0.717, 1.165) is 5.56 Å². The Labute approximate surface area is 182 Å². The molecule has 3 aromatic carbocycles. The molecule has 32 heavy (non-hydrogen) atoms. The van der Waals surface area contributed by atoms with E-state index in [4.69, 9.17) is 4.52 Å². The highest BCUT2D eigenvalue weighted by atomic mass is 16.5. The Morgan fingerprint density at radius 3 is 2.41 bits per heavy atom. The number of hydrogen-bond acceptors (Lipinski definition) is 8. The zero-order valence-corrected chi connectivity index (χ0v) is 17.3. The zero-order chi connectivity index (χ0) is 22.8. The third-order valence-corrected chi connectivity index (χ3v) is 5.03. The summed E-state index contributed by atoms with van der Waals surface area (Å²) >= 11 is 0. The number of phenolic OH excluding ortho intramolecular Hbond substituents is 1. The quantitative estimate of drug-likeness (QED) is 0.259. The molecular weight excluding hydrogens is 412 g/mol. The van der Waals surface area contributed by atoms with E-state index in [1.54, 1.807) is 19.1 Å². The first-order chi connectivity index (χ1) is 15.4. The largest absolute Gasteiger partial charge is 0.505 e. The van der Waals surface area contributed by atoms with Crippen LogP contribution < -0.4 is 26.8 Å². The normalized spacial score (nSPS) is 11.8. The van der Waals surface area contributed by atoms with Gasteiger partial charge in [-0.05, 0) is 24.6 Å². The van der Waals surface area contributed by atoms with Gasteiger partial charge in [-0.1, -0.05) is 41.6 Å². The number of aryl methyl sites for hydroxylation is 1. The lowest BCUT2D eigenvalue weighted by atomic mass is 10.0. The van der Waals surface area contributed by atoms with E-state index in [-0.39, 0.29) is 28.4 Å². The van der Waals surface area contributed by atoms with Crippen LogP contribution in [0.4, 0.5) is 17.1 Å². The van der Waals surface area contributed by atoms with Gasteiger partial charge in [0.25, 0.3) is 16.8 Å². The van der Waals surface area contributed by atoms with Crippen molar-refractivity contribution in [3.63, 3.8) is 0 Å². The van der Waals surface area contributed by atoms with Gasteiger partial charge in [-0.15, -0.1) is 0 Å². The number of aromatic hydroxyl groups is 1. The van der Waals surface area contributed by atoms with Crippen LogP contribution in [0.5, 0.6) is 5.75 Å². The Morgan fingerprint density at radius 1 is 1.03 bits per heavy atom. The number of aromatic nitrogens is 1. The Bertz CT molecular complexity index is 1350. The van der Waals surface area contributed by atoms with E-state index in [1.165, 1.54) is 19.2 Å². The van der Waals surface area contributed by atoms with Crippen molar-refractivity contribution in [1.82, 2.24) is 10.5 Å². The Hall–Kier alpha value is -4.40. The van der Waals surface area contributed by atoms with E-state index in [1.807, 2.05) is 30.3 Å². The maximum absolute atomic E-state index is 12.4. The van der Waals surface area contributed by atoms with Crippen molar-refractivity contribution in [2.24, 2.45) is 0 Å². The molecule has 4 N–H and O–H groups in total. The predicted molar refractivity (Wildman–Crippen MR) is 119 cm³/mol. The minimum Gasteiger partial charge on any atom is -0.505 e. The number of phenols is 1. The average Bonchev–Trinajstić information content (AvgIpc) is 3.25. The van der Waals surface area contributed by atoms with Crippen molar-refractivity contribution >= 4 is 23.0 Å². The van der Waals surface area contributed by atoms with Crippen molar-refractivity contribution in [2.45, 2.75) is 13.0 Å². The third kappa shape index (κ3) is 3.71. The molecule has 162 valence electrons. The van der Waals surface area contributed by atoms with Gasteiger partial charge in [0, 0.05) is 13.1 Å². The maximum Gasteiger partial charge on any atom is 0.254 e. The maximum atomic E-state index is 12.4. The van der Waals surface area contributed by atoms with Crippen molar-refractivity contribution in [1.29, 1.82) is 0 Å². The molecule has 0 saturated carbocycles. The summed E-state index contributed by atoms with van der Waals surface area (Å²) in [7, 11) is 1.44. The van der Waals surface area contributed by atoms with Crippen LogP contribution >= 0.6 is 0 Å². The van der Waals surface area contributed by atoms with E-state index >= 15 is 0 Å². The van der Waals surface area contributed by atoms with Gasteiger partial charge in [0.1, 0.15) is 17.4 Å². The van der Waals surface area contributed by atoms with Gasteiger partial charge >= 0.3 is 0 Å². The van der Waals surface area contributed by atoms with Crippen LogP contribution in [-0.2, 0) is 0 Å². The molecule has 0 bridgehead atoms. The first kappa shape index (κ1) is 20.9. The highest BCUT2D eigenvalue weighted by molar-refractivity contribution is 5.99. The van der Waals surface area contributed by atoms with E-state index in [9.17, 15) is 19.5 Å². The molecule has 0 saturated heterocycles. The van der Waals surface area contributed by atoms with Gasteiger partial charge < -0.3 is 25.6 Å². The summed E-state index contributed by atoms with van der Waals surface area (Å²) in [5.41, 5.74) is 0.204. The van der Waals surface area contributed by atoms with Gasteiger partial charge in [-0.3, -0.25) is 14.4 Å². The molecule has 1 heterocycles. The molecule has 1 atom stereocenters. The first-order valence-corrected chi connectivity index (χ1v) is 9.79. The number of anilines is 3. The molecule has 0 aliphatic rings. The molecule has 4 rings (SSSR count). The van der Waals surface area contributed by atoms with Crippen LogP contribution in [0.2, 0.25) is 0 Å². The third-order valence-electron chi connectivity index (χ3n) is 5.03. The molecule has 1 unspecified atom stereocenters. The second-order valence-corrected chi connectivity index (χ2v) is 7.17. The summed E-state index contributed by atoms with van der Waals surface area (Å²) in [5.74, 6) is -0.354. The number of hydrogen-bond donors (Lipinski definition) is 4. The summed E-state index contributed by atoms with van der Waals surface area (Å²) in [5, 5.41) is 22.6. The Balaban J connectivity index is 1.70. The van der Waals surface area contributed by atoms with Crippen LogP contribution in [0.25, 0.3) is 0 Å². The van der Waals surface area contributed by atoms with Gasteiger partial charge in [-0.25, -0.2) is 0 Å². The number of para-hydroxylation sites is 1. The van der Waals surface area contributed by atoms with Crippen LogP contribution in [-0.4, -0.2) is 23.2 Å². The van der Waals surface area contributed by atoms with Crippen LogP contribution in [0.3, 0.4) is 0 Å². The number of benzene rings is 2. The SMILES string of the molecule is CNC(=O)c1cccc(Nc2c(NC(c3ccccc3)c3cc(C)no3)c(=O)c2=O)c1O. The number of rotatable bonds is 7. The van der Waals surface area contributed by atoms with E-state index in [0.29, 0.717) is 11.5 Å². The molecule has 0 fully saturated rings. The van der Waals surface area contributed by atoms with Crippen molar-refractivity contribution in [2.75, 3.05) is 17.7 Å². The summed E-state index contributed by atoms with van der Waals surface area (Å²) in [6, 6.07) is 14.9. The van der Waals surface area contributed by atoms with Crippen molar-refractivity contribution in [3.05, 3.63) is 97.6 Å². The molecule has 0 spiro atoms. The van der Waals surface area contributed by atoms with Gasteiger partial charge in [-0.2, -0.15) is 0 Å². The lowest BCUT2D eigenvalue weighted by molar-refractivity contribution is 0.0960. The van der Waals surface area contributed by atoms with Crippen LogP contribution in [0.15, 0.2) is 68.7 Å². The average molecular weight is 432 g/mol. The zero-order valence-electron chi connectivity index (χ0n) is 17.3. The predicted octanol–water partition coefficient (Wildman–Crippen LogP) is 2.59. The minimum absolute atomic E-state index is 0.0171. The number of carbonyl (C=O) groups is 1. The molecule has 0 aliphatic carbocycles. The number of carbonyl (C=O) groups excluding carboxylic acids is 1. The molecule has 0 aliphatic heterocycles. The fourth-order valence-corrected chi connectivity index (χ4v) is 3.37. The number of nitrogens with zero attached hydrogens (tertiary/aromatic N) is 1. The van der Waals surface area contributed by atoms with Gasteiger partial charge in [0.15, 0.2) is 11.5 Å². The number of amides is 1. The molecular formula is C23H20N4O5. The Kier molecular flexibility index (Phi) is 5.46. The summed E-state index contributed by atoms with van der Waals surface area (Å²) in [6.45, 7) is 1.78. The molecule has 9 nitrogen and oxygen atoms in total.